The number of carbonyl (C=O) groups is 1. The van der Waals surface area contributed by atoms with Gasteiger partial charge in [0, 0.05) is 23.9 Å². The van der Waals surface area contributed by atoms with Crippen molar-refractivity contribution in [3.63, 3.8) is 0 Å². The van der Waals surface area contributed by atoms with Crippen molar-refractivity contribution in [2.24, 2.45) is 0 Å². The number of hydrogen-bond acceptors (Lipinski definition) is 4. The number of aliphatic hydroxyl groups is 1. The molecule has 180 valence electrons. The maximum atomic E-state index is 14.5. The highest BCUT2D eigenvalue weighted by molar-refractivity contribution is 6.34. The number of pyridine rings is 1. The van der Waals surface area contributed by atoms with Crippen molar-refractivity contribution >= 4 is 17.5 Å². The van der Waals surface area contributed by atoms with Gasteiger partial charge in [0.15, 0.2) is 0 Å². The second-order valence-electron chi connectivity index (χ2n) is 7.81. The molecule has 0 aliphatic heterocycles. The molecule has 2 heterocycles. The smallest absolute Gasteiger partial charge is 0.290 e. The number of halogens is 4. The van der Waals surface area contributed by atoms with Gasteiger partial charge in [-0.1, -0.05) is 23.7 Å². The molecule has 0 aliphatic carbocycles. The molecule has 1 amide bonds. The molecule has 3 N–H and O–H groups in total. The van der Waals surface area contributed by atoms with Crippen LogP contribution in [0.15, 0.2) is 72.9 Å². The Hall–Kier alpha value is -3.69. The first-order valence-corrected chi connectivity index (χ1v) is 11.0. The van der Waals surface area contributed by atoms with Gasteiger partial charge >= 0.3 is 0 Å². The van der Waals surface area contributed by atoms with E-state index in [2.05, 4.69) is 20.5 Å². The molecular weight excluding hydrogens is 481 g/mol. The highest BCUT2D eigenvalue weighted by atomic mass is 35.5. The highest BCUT2D eigenvalue weighted by Gasteiger charge is 2.40. The Balaban J connectivity index is 1.66. The van der Waals surface area contributed by atoms with Crippen LogP contribution < -0.4 is 5.32 Å². The van der Waals surface area contributed by atoms with E-state index in [0.29, 0.717) is 22.6 Å². The third-order valence-electron chi connectivity index (χ3n) is 5.41. The first-order chi connectivity index (χ1) is 16.8. The van der Waals surface area contributed by atoms with Crippen LogP contribution in [0.5, 0.6) is 0 Å². The van der Waals surface area contributed by atoms with Crippen LogP contribution in [0.4, 0.5) is 13.2 Å². The molecule has 2 aromatic carbocycles. The van der Waals surface area contributed by atoms with Gasteiger partial charge in [0.25, 0.3) is 11.8 Å². The lowest BCUT2D eigenvalue weighted by molar-refractivity contribution is -0.0771. The van der Waals surface area contributed by atoms with Gasteiger partial charge in [-0.15, -0.1) is 0 Å². The van der Waals surface area contributed by atoms with Crippen molar-refractivity contribution in [1.29, 1.82) is 0 Å². The second-order valence-corrected chi connectivity index (χ2v) is 8.21. The lowest BCUT2D eigenvalue weighted by Gasteiger charge is -2.26. The van der Waals surface area contributed by atoms with Gasteiger partial charge in [-0.2, -0.15) is 5.10 Å². The summed E-state index contributed by atoms with van der Waals surface area (Å²) in [6, 6.07) is 15.0. The maximum absolute atomic E-state index is 14.5. The lowest BCUT2D eigenvalue weighted by Crippen LogP contribution is -2.51. The Kier molecular flexibility index (Phi) is 7.18. The molecule has 2 aromatic heterocycles. The predicted molar refractivity (Wildman–Crippen MR) is 126 cm³/mol. The maximum Gasteiger partial charge on any atom is 0.290 e. The van der Waals surface area contributed by atoms with Crippen molar-refractivity contribution in [1.82, 2.24) is 20.5 Å². The largest absolute Gasteiger partial charge is 0.390 e. The molecule has 0 saturated heterocycles. The summed E-state index contributed by atoms with van der Waals surface area (Å²) in [5, 5.41) is 18.8. The number of rotatable bonds is 8. The number of aliphatic hydroxyl groups excluding tert-OH is 1. The van der Waals surface area contributed by atoms with E-state index in [1.165, 1.54) is 30.5 Å². The molecule has 4 rings (SSSR count). The summed E-state index contributed by atoms with van der Waals surface area (Å²) in [5.41, 5.74) is 2.09. The normalized spacial score (nSPS) is 12.4. The van der Waals surface area contributed by atoms with E-state index in [1.54, 1.807) is 42.5 Å². The van der Waals surface area contributed by atoms with Crippen LogP contribution in [-0.2, 0) is 6.42 Å². The number of carbonyl (C=O) groups excluding carboxylic acids is 1. The fourth-order valence-corrected chi connectivity index (χ4v) is 3.85. The molecule has 1 unspecified atom stereocenters. The number of nitrogens with zero attached hydrogens (tertiary/aromatic N) is 2. The number of alkyl halides is 2. The first kappa shape index (κ1) is 24.4. The number of aromatic amines is 1. The van der Waals surface area contributed by atoms with Crippen molar-refractivity contribution in [3.8, 4) is 22.5 Å². The number of nitrogens with one attached hydrogen (secondary N) is 2. The molecule has 0 saturated carbocycles. The molecule has 35 heavy (non-hydrogen) atoms. The third-order valence-corrected chi connectivity index (χ3v) is 5.73. The SMILES string of the molecule is O=C(NC(Cc1ccccn1)C(F)(F)CO)c1cccc(Cl)c1-c1cc(-c2ccc(F)cc2)[nH]n1. The Morgan fingerprint density at radius 1 is 1.11 bits per heavy atom. The molecule has 4 aromatic rings. The Morgan fingerprint density at radius 3 is 2.57 bits per heavy atom. The van der Waals surface area contributed by atoms with E-state index < -0.39 is 30.3 Å². The quantitative estimate of drug-likeness (QED) is 0.321. The van der Waals surface area contributed by atoms with Gasteiger partial charge < -0.3 is 10.4 Å². The minimum Gasteiger partial charge on any atom is -0.390 e. The molecular formula is C25H20ClF3N4O2. The van der Waals surface area contributed by atoms with E-state index in [4.69, 9.17) is 11.6 Å². The van der Waals surface area contributed by atoms with Crippen LogP contribution in [0.1, 0.15) is 16.1 Å². The van der Waals surface area contributed by atoms with Crippen LogP contribution in [-0.4, -0.2) is 44.8 Å². The minimum absolute atomic E-state index is 0.0226. The molecule has 10 heteroatoms. The van der Waals surface area contributed by atoms with Gasteiger partial charge in [0.1, 0.15) is 18.5 Å². The summed E-state index contributed by atoms with van der Waals surface area (Å²) in [6.07, 6.45) is 1.16. The lowest BCUT2D eigenvalue weighted by atomic mass is 10.00. The average Bonchev–Trinajstić information content (AvgIpc) is 3.34. The van der Waals surface area contributed by atoms with Gasteiger partial charge in [-0.3, -0.25) is 14.9 Å². The summed E-state index contributed by atoms with van der Waals surface area (Å²) in [4.78, 5) is 17.2. The monoisotopic (exact) mass is 500 g/mol. The van der Waals surface area contributed by atoms with Gasteiger partial charge in [0.05, 0.1) is 22.0 Å². The zero-order valence-electron chi connectivity index (χ0n) is 18.2. The summed E-state index contributed by atoms with van der Waals surface area (Å²) in [5.74, 6) is -4.81. The Labute approximate surface area is 203 Å². The van der Waals surface area contributed by atoms with Crippen LogP contribution in [0, 0.1) is 5.82 Å². The molecule has 1 atom stereocenters. The number of hydrogen-bond donors (Lipinski definition) is 3. The average molecular weight is 501 g/mol. The van der Waals surface area contributed by atoms with Crippen molar-refractivity contribution in [3.05, 3.63) is 95.0 Å². The van der Waals surface area contributed by atoms with Crippen LogP contribution in [0.25, 0.3) is 22.5 Å². The van der Waals surface area contributed by atoms with Crippen LogP contribution in [0.3, 0.4) is 0 Å². The van der Waals surface area contributed by atoms with E-state index in [1.807, 2.05) is 0 Å². The van der Waals surface area contributed by atoms with E-state index in [9.17, 15) is 23.1 Å². The summed E-state index contributed by atoms with van der Waals surface area (Å²) < 4.78 is 42.3. The highest BCUT2D eigenvalue weighted by Crippen LogP contribution is 2.33. The van der Waals surface area contributed by atoms with E-state index in [0.717, 1.165) is 0 Å². The number of aromatic nitrogens is 3. The molecule has 0 radical (unpaired) electrons. The number of amides is 1. The van der Waals surface area contributed by atoms with E-state index >= 15 is 0 Å². The van der Waals surface area contributed by atoms with Crippen molar-refractivity contribution in [2.45, 2.75) is 18.4 Å². The van der Waals surface area contributed by atoms with Crippen molar-refractivity contribution < 1.29 is 23.1 Å². The summed E-state index contributed by atoms with van der Waals surface area (Å²) in [7, 11) is 0. The molecule has 0 fully saturated rings. The summed E-state index contributed by atoms with van der Waals surface area (Å²) in [6.45, 7) is -1.45. The zero-order chi connectivity index (χ0) is 25.0. The van der Waals surface area contributed by atoms with Crippen LogP contribution in [0.2, 0.25) is 5.02 Å². The molecule has 0 bridgehead atoms. The van der Waals surface area contributed by atoms with Crippen molar-refractivity contribution in [2.75, 3.05) is 6.61 Å². The van der Waals surface area contributed by atoms with Gasteiger partial charge in [-0.25, -0.2) is 13.2 Å². The Morgan fingerprint density at radius 2 is 1.89 bits per heavy atom. The van der Waals surface area contributed by atoms with Gasteiger partial charge in [-0.05, 0) is 60.2 Å². The molecule has 0 aliphatic rings. The topological polar surface area (TPSA) is 90.9 Å². The standard InChI is InChI=1S/C25H20ClF3N4O2/c26-19-6-3-5-18(23(19)21-13-20(32-33-21)15-7-9-16(27)10-8-15)24(35)31-22(25(28,29)14-34)12-17-4-1-2-11-30-17/h1-11,13,22,34H,12,14H2,(H,31,35)(H,32,33). The number of benzene rings is 2. The fraction of sp³-hybridized carbons (Fsp3) is 0.160. The van der Waals surface area contributed by atoms with Gasteiger partial charge in [0.2, 0.25) is 0 Å². The molecule has 6 nitrogen and oxygen atoms in total. The van der Waals surface area contributed by atoms with E-state index in [-0.39, 0.29) is 22.6 Å². The Bertz CT molecular complexity index is 1310. The third kappa shape index (κ3) is 5.52. The van der Waals surface area contributed by atoms with Crippen LogP contribution >= 0.6 is 11.6 Å². The first-order valence-electron chi connectivity index (χ1n) is 10.6. The predicted octanol–water partition coefficient (Wildman–Crippen LogP) is 4.90. The molecule has 0 spiro atoms. The fourth-order valence-electron chi connectivity index (χ4n) is 3.58. The minimum atomic E-state index is -3.60. The zero-order valence-corrected chi connectivity index (χ0v) is 18.9. The number of H-pyrrole nitrogens is 1. The summed E-state index contributed by atoms with van der Waals surface area (Å²) >= 11 is 6.39. The second kappa shape index (κ2) is 10.3.